The van der Waals surface area contributed by atoms with Crippen molar-refractivity contribution < 1.29 is 28.8 Å². The number of nitrogens with zero attached hydrogens (tertiary/aromatic N) is 4. The van der Waals surface area contributed by atoms with Crippen LogP contribution in [0, 0.1) is 6.92 Å². The first kappa shape index (κ1) is 35.0. The van der Waals surface area contributed by atoms with Crippen LogP contribution in [0.2, 0.25) is 0 Å². The number of aromatic nitrogens is 3. The monoisotopic (exact) mass is 670 g/mol. The smallest absolute Gasteiger partial charge is 0.274 e. The number of fused-ring (bicyclic) bond motifs is 2. The number of benzene rings is 2. The number of rotatable bonds is 8. The summed E-state index contributed by atoms with van der Waals surface area (Å²) >= 11 is 0. The molecule has 1 aliphatic rings. The fourth-order valence-corrected chi connectivity index (χ4v) is 5.58. The molecular weight excluding hydrogens is 628 g/mol. The number of nitrogens with one attached hydrogen (secondary N) is 4. The molecule has 0 unspecified atom stereocenters. The molecule has 1 aliphatic heterocycles. The summed E-state index contributed by atoms with van der Waals surface area (Å²) in [7, 11) is 0. The first-order valence-electron chi connectivity index (χ1n) is 16.3. The molecule has 0 saturated carbocycles. The Morgan fingerprint density at radius 2 is 1.51 bits per heavy atom. The molecule has 14 nitrogen and oxygen atoms in total. The number of aliphatic hydroxyl groups excluding tert-OH is 1. The van der Waals surface area contributed by atoms with Gasteiger partial charge in [0.2, 0.25) is 17.7 Å². The van der Waals surface area contributed by atoms with E-state index in [1.54, 1.807) is 4.68 Å². The zero-order valence-corrected chi connectivity index (χ0v) is 27.6. The highest BCUT2D eigenvalue weighted by Crippen LogP contribution is 2.15. The van der Waals surface area contributed by atoms with Gasteiger partial charge in [-0.15, -0.1) is 0 Å². The molecule has 5 N–H and O–H groups in total. The molecule has 5 rings (SSSR count). The Hall–Kier alpha value is -5.34. The van der Waals surface area contributed by atoms with E-state index in [9.17, 15) is 24.3 Å². The Labute approximate surface area is 284 Å². The zero-order chi connectivity index (χ0) is 34.8. The molecule has 4 amide bonds. The van der Waals surface area contributed by atoms with Gasteiger partial charge in [-0.25, -0.2) is 0 Å². The minimum Gasteiger partial charge on any atom is -0.394 e. The number of hydrogen-bond donors (Lipinski definition) is 5. The summed E-state index contributed by atoms with van der Waals surface area (Å²) in [5.41, 5.74) is 3.36. The molecule has 2 bridgehead atoms. The molecule has 0 saturated heterocycles. The lowest BCUT2D eigenvalue weighted by molar-refractivity contribution is -0.132. The minimum absolute atomic E-state index is 0.00158. The third-order valence-electron chi connectivity index (χ3n) is 8.24. The molecule has 0 radical (unpaired) electrons. The van der Waals surface area contributed by atoms with Crippen molar-refractivity contribution in [2.45, 2.75) is 64.4 Å². The van der Waals surface area contributed by atoms with Crippen molar-refractivity contribution >= 4 is 23.6 Å². The van der Waals surface area contributed by atoms with Crippen LogP contribution >= 0.6 is 0 Å². The second kappa shape index (κ2) is 16.7. The number of carbonyl (C=O) groups is 4. The molecule has 0 fully saturated rings. The number of aliphatic hydroxyl groups is 1. The predicted molar refractivity (Wildman–Crippen MR) is 179 cm³/mol. The molecule has 3 atom stereocenters. The van der Waals surface area contributed by atoms with Crippen LogP contribution in [-0.4, -0.2) is 86.4 Å². The van der Waals surface area contributed by atoms with Gasteiger partial charge in [-0.3, -0.25) is 28.8 Å². The van der Waals surface area contributed by atoms with Gasteiger partial charge in [0.25, 0.3) is 5.91 Å². The highest BCUT2D eigenvalue weighted by molar-refractivity contribution is 5.97. The fourth-order valence-electron chi connectivity index (χ4n) is 5.58. The first-order chi connectivity index (χ1) is 23.7. The summed E-state index contributed by atoms with van der Waals surface area (Å²) in [5.74, 6) is -1.69. The molecule has 2 aromatic carbocycles. The van der Waals surface area contributed by atoms with Gasteiger partial charge in [-0.2, -0.15) is 5.10 Å². The maximum Gasteiger partial charge on any atom is 0.274 e. The van der Waals surface area contributed by atoms with E-state index in [1.807, 2.05) is 78.7 Å². The fraction of sp³-hybridized carbons (Fsp3) is 0.371. The normalized spacial score (nSPS) is 20.0. The molecule has 2 aromatic heterocycles. The second-order valence-corrected chi connectivity index (χ2v) is 12.1. The van der Waals surface area contributed by atoms with Crippen molar-refractivity contribution in [1.29, 1.82) is 0 Å². The summed E-state index contributed by atoms with van der Waals surface area (Å²) in [6.45, 7) is 4.99. The quantitative estimate of drug-likeness (QED) is 0.182. The average molecular weight is 671 g/mol. The number of amides is 4. The van der Waals surface area contributed by atoms with Crippen molar-refractivity contribution in [2.24, 2.45) is 0 Å². The van der Waals surface area contributed by atoms with Gasteiger partial charge >= 0.3 is 0 Å². The lowest BCUT2D eigenvalue weighted by Gasteiger charge is -2.25. The summed E-state index contributed by atoms with van der Waals surface area (Å²) in [6, 6.07) is 17.1. The third-order valence-corrected chi connectivity index (χ3v) is 8.24. The van der Waals surface area contributed by atoms with E-state index in [2.05, 4.69) is 31.5 Å². The van der Waals surface area contributed by atoms with Crippen LogP contribution in [-0.2, 0) is 46.9 Å². The number of aryl methyl sites for hydroxylation is 1. The van der Waals surface area contributed by atoms with Crippen LogP contribution in [0.3, 0.4) is 0 Å². The van der Waals surface area contributed by atoms with Crippen LogP contribution in [0.1, 0.15) is 45.6 Å². The van der Waals surface area contributed by atoms with Crippen molar-refractivity contribution in [3.05, 3.63) is 107 Å². The minimum atomic E-state index is -1.04. The van der Waals surface area contributed by atoms with Gasteiger partial charge in [-0.05, 0) is 25.0 Å². The molecule has 0 aliphatic carbocycles. The number of carbonyl (C=O) groups excluding carboxylic acids is 4. The van der Waals surface area contributed by atoms with Gasteiger partial charge < -0.3 is 30.9 Å². The maximum atomic E-state index is 13.8. The van der Waals surface area contributed by atoms with Crippen molar-refractivity contribution in [2.75, 3.05) is 19.7 Å². The summed E-state index contributed by atoms with van der Waals surface area (Å²) in [4.78, 5) is 56.0. The zero-order valence-electron chi connectivity index (χ0n) is 27.6. The molecule has 0 spiro atoms. The Bertz CT molecular complexity index is 1720. The van der Waals surface area contributed by atoms with E-state index in [0.717, 1.165) is 22.4 Å². The third kappa shape index (κ3) is 9.84. The topological polar surface area (TPSA) is 184 Å². The van der Waals surface area contributed by atoms with Crippen LogP contribution < -0.4 is 21.3 Å². The highest BCUT2D eigenvalue weighted by Gasteiger charge is 2.30. The van der Waals surface area contributed by atoms with Crippen LogP contribution in [0.4, 0.5) is 0 Å². The van der Waals surface area contributed by atoms with E-state index in [1.165, 1.54) is 13.0 Å². The van der Waals surface area contributed by atoms with Gasteiger partial charge in [0.1, 0.15) is 18.1 Å². The second-order valence-electron chi connectivity index (χ2n) is 12.1. The van der Waals surface area contributed by atoms with Crippen LogP contribution in [0.5, 0.6) is 0 Å². The van der Waals surface area contributed by atoms with E-state index >= 15 is 0 Å². The molecule has 258 valence electrons. The molecule has 3 heterocycles. The van der Waals surface area contributed by atoms with Gasteiger partial charge in [-0.1, -0.05) is 65.8 Å². The van der Waals surface area contributed by atoms with E-state index in [-0.39, 0.29) is 44.1 Å². The maximum absolute atomic E-state index is 13.8. The molecule has 49 heavy (non-hydrogen) atoms. The van der Waals surface area contributed by atoms with E-state index in [0.29, 0.717) is 25.4 Å². The van der Waals surface area contributed by atoms with Crippen LogP contribution in [0.15, 0.2) is 77.4 Å². The van der Waals surface area contributed by atoms with Crippen molar-refractivity contribution in [3.8, 4) is 0 Å². The molecule has 4 aromatic rings. The SMILES string of the molecule is Cc1nn(CCO)cc1CN1CCNC(=O)[C@@H](Cc2ccccc2)NC(=O)[C@H](Cc2ccccc2)NC(=O)[C@H](C)NC(=O)c2cc(on2)C1. The standard InChI is InChI=1S/C35H42N8O6/c1-23-27(21-43(40-23)15-16-44)20-42-14-13-36-33(46)29(17-25-9-5-3-6-10-25)39-34(47)30(18-26-11-7-4-8-12-26)38-32(45)24(2)37-35(48)31-19-28(22-42)49-41-31/h3-12,19,21,24,29-30,44H,13-18,20,22H2,1-2H3,(H,36,46)(H,37,48)(H,38,45)(H,39,47)/t24-,29+,30-/m0/s1. The molecular formula is C35H42N8O6. The molecule has 14 heteroatoms. The Morgan fingerprint density at radius 3 is 2.16 bits per heavy atom. The summed E-state index contributed by atoms with van der Waals surface area (Å²) in [6.07, 6.45) is 2.25. The number of hydrogen-bond acceptors (Lipinski definition) is 9. The highest BCUT2D eigenvalue weighted by atomic mass is 16.5. The lowest BCUT2D eigenvalue weighted by Crippen LogP contribution is -2.57. The Balaban J connectivity index is 1.43. The Morgan fingerprint density at radius 1 is 0.878 bits per heavy atom. The first-order valence-corrected chi connectivity index (χ1v) is 16.3. The van der Waals surface area contributed by atoms with Crippen LogP contribution in [0.25, 0.3) is 0 Å². The average Bonchev–Trinajstić information content (AvgIpc) is 3.70. The predicted octanol–water partition coefficient (Wildman–Crippen LogP) is 0.877. The Kier molecular flexibility index (Phi) is 11.9. The van der Waals surface area contributed by atoms with E-state index in [4.69, 9.17) is 4.52 Å². The van der Waals surface area contributed by atoms with Gasteiger partial charge in [0.15, 0.2) is 11.5 Å². The summed E-state index contributed by atoms with van der Waals surface area (Å²) in [5, 5.41) is 29.0. The largest absolute Gasteiger partial charge is 0.394 e. The lowest BCUT2D eigenvalue weighted by atomic mass is 10.0. The summed E-state index contributed by atoms with van der Waals surface area (Å²) < 4.78 is 7.18. The van der Waals surface area contributed by atoms with Crippen molar-refractivity contribution in [3.63, 3.8) is 0 Å². The van der Waals surface area contributed by atoms with Crippen molar-refractivity contribution in [1.82, 2.24) is 41.1 Å². The van der Waals surface area contributed by atoms with E-state index < -0.39 is 35.8 Å². The van der Waals surface area contributed by atoms with Gasteiger partial charge in [0.05, 0.1) is 25.4 Å². The van der Waals surface area contributed by atoms with Gasteiger partial charge in [0, 0.05) is 50.3 Å².